The Morgan fingerprint density at radius 1 is 0.500 bits per heavy atom. The van der Waals surface area contributed by atoms with Crippen molar-refractivity contribution in [1.82, 2.24) is 0 Å². The summed E-state index contributed by atoms with van der Waals surface area (Å²) < 4.78 is 154. The first kappa shape index (κ1) is 27.2. The van der Waals surface area contributed by atoms with Gasteiger partial charge >= 0.3 is 24.7 Å². The molecule has 0 aliphatic heterocycles. The lowest BCUT2D eigenvalue weighted by Crippen LogP contribution is -2.13. The Morgan fingerprint density at radius 2 is 0.824 bits per heavy atom. The van der Waals surface area contributed by atoms with Crippen molar-refractivity contribution >= 4 is 12.4 Å². The topological polar surface area (TPSA) is 24.7 Å². The third kappa shape index (κ3) is 7.22. The largest absolute Gasteiger partial charge is 0.417 e. The van der Waals surface area contributed by atoms with E-state index >= 15 is 0 Å². The third-order valence-corrected chi connectivity index (χ3v) is 4.19. The molecule has 0 saturated carbocycles. The van der Waals surface area contributed by atoms with Gasteiger partial charge in [-0.3, -0.25) is 9.98 Å². The Labute approximate surface area is 183 Å². The number of rotatable bonds is 5. The molecule has 0 aliphatic carbocycles. The van der Waals surface area contributed by atoms with Crippen molar-refractivity contribution in [1.29, 1.82) is 0 Å². The summed E-state index contributed by atoms with van der Waals surface area (Å²) in [5.41, 5.74) is -7.56. The lowest BCUT2D eigenvalue weighted by Gasteiger charge is -2.14. The smallest absolute Gasteiger partial charge is 0.291 e. The molecule has 0 spiro atoms. The Bertz CT molecular complexity index is 972. The van der Waals surface area contributed by atoms with Crippen LogP contribution in [0, 0.1) is 0 Å². The Balaban J connectivity index is 2.16. The van der Waals surface area contributed by atoms with Gasteiger partial charge in [0.15, 0.2) is 0 Å². The van der Waals surface area contributed by atoms with Gasteiger partial charge in [-0.2, -0.15) is 52.7 Å². The summed E-state index contributed by atoms with van der Waals surface area (Å²) >= 11 is 0. The van der Waals surface area contributed by atoms with Gasteiger partial charge in [0.05, 0.1) is 35.3 Å². The maximum absolute atomic E-state index is 13.1. The van der Waals surface area contributed by atoms with Gasteiger partial charge in [0.25, 0.3) is 0 Å². The average Bonchev–Trinajstić information content (AvgIpc) is 2.67. The molecule has 2 aromatic carbocycles. The Morgan fingerprint density at radius 3 is 1.09 bits per heavy atom. The van der Waals surface area contributed by atoms with Crippen molar-refractivity contribution in [2.45, 2.75) is 24.7 Å². The van der Waals surface area contributed by atoms with Crippen molar-refractivity contribution in [3.05, 3.63) is 69.8 Å². The summed E-state index contributed by atoms with van der Waals surface area (Å²) in [6.45, 7) is -0.729. The van der Waals surface area contributed by atoms with Crippen LogP contribution in [0.15, 0.2) is 46.4 Å². The van der Waals surface area contributed by atoms with Crippen LogP contribution in [0.1, 0.15) is 33.4 Å². The highest BCUT2D eigenvalue weighted by Crippen LogP contribution is 2.38. The van der Waals surface area contributed by atoms with Gasteiger partial charge in [-0.15, -0.1) is 0 Å². The zero-order valence-corrected chi connectivity index (χ0v) is 16.5. The Kier molecular flexibility index (Phi) is 7.73. The van der Waals surface area contributed by atoms with Crippen LogP contribution in [-0.4, -0.2) is 25.5 Å². The van der Waals surface area contributed by atoms with Crippen molar-refractivity contribution in [2.24, 2.45) is 9.98 Å². The second kappa shape index (κ2) is 9.66. The van der Waals surface area contributed by atoms with Gasteiger partial charge in [-0.25, -0.2) is 0 Å². The van der Waals surface area contributed by atoms with Crippen molar-refractivity contribution < 1.29 is 52.7 Å². The molecule has 2 aromatic rings. The number of aliphatic imine (C=N–C) groups is 2. The van der Waals surface area contributed by atoms with Crippen LogP contribution in [0.5, 0.6) is 0 Å². The normalized spacial score (nSPS) is 13.9. The molecule has 0 amide bonds. The lowest BCUT2D eigenvalue weighted by molar-refractivity contribution is -0.144. The van der Waals surface area contributed by atoms with E-state index in [1.165, 1.54) is 0 Å². The van der Waals surface area contributed by atoms with Crippen molar-refractivity contribution in [3.8, 4) is 0 Å². The van der Waals surface area contributed by atoms with Gasteiger partial charge < -0.3 is 0 Å². The fourth-order valence-corrected chi connectivity index (χ4v) is 2.62. The van der Waals surface area contributed by atoms with E-state index in [2.05, 4.69) is 9.98 Å². The fourth-order valence-electron chi connectivity index (χ4n) is 2.62. The fraction of sp³-hybridized carbons (Fsp3) is 0.300. The summed E-state index contributed by atoms with van der Waals surface area (Å²) in [6.07, 6.45) is -19.0. The summed E-state index contributed by atoms with van der Waals surface area (Å²) in [5, 5.41) is 0. The first-order valence-electron chi connectivity index (χ1n) is 8.97. The first-order valence-corrected chi connectivity index (χ1v) is 8.97. The molecule has 0 bridgehead atoms. The van der Waals surface area contributed by atoms with Crippen LogP contribution in [-0.2, 0) is 24.7 Å². The summed E-state index contributed by atoms with van der Waals surface area (Å²) in [6, 6.07) is 1.83. The molecule has 34 heavy (non-hydrogen) atoms. The van der Waals surface area contributed by atoms with Crippen molar-refractivity contribution in [3.63, 3.8) is 0 Å². The number of hydrogen-bond acceptors (Lipinski definition) is 2. The SMILES string of the molecule is FC(F)(F)c1ccc(C=NCCN=Cc2ccc(C(F)(F)F)cc2C(F)(F)F)c(C(F)(F)F)c1. The number of halogens is 12. The van der Waals surface area contributed by atoms with Gasteiger partial charge in [0.2, 0.25) is 0 Å². The average molecular weight is 508 g/mol. The zero-order valence-electron chi connectivity index (χ0n) is 16.5. The maximum atomic E-state index is 13.1. The number of hydrogen-bond donors (Lipinski definition) is 0. The van der Waals surface area contributed by atoms with Gasteiger partial charge in [0, 0.05) is 23.6 Å². The number of alkyl halides is 12. The first-order chi connectivity index (χ1) is 15.4. The van der Waals surface area contributed by atoms with Gasteiger partial charge in [0.1, 0.15) is 0 Å². The predicted octanol–water partition coefficient (Wildman–Crippen LogP) is 7.30. The second-order valence-corrected chi connectivity index (χ2v) is 6.67. The third-order valence-electron chi connectivity index (χ3n) is 4.19. The predicted molar refractivity (Wildman–Crippen MR) is 97.8 cm³/mol. The van der Waals surface area contributed by atoms with E-state index in [4.69, 9.17) is 0 Å². The highest BCUT2D eigenvalue weighted by atomic mass is 19.4. The van der Waals surface area contributed by atoms with E-state index in [1.807, 2.05) is 0 Å². The van der Waals surface area contributed by atoms with Crippen LogP contribution in [0.4, 0.5) is 52.7 Å². The monoisotopic (exact) mass is 508 g/mol. The molecule has 0 N–H and O–H groups in total. The molecule has 0 fully saturated rings. The van der Waals surface area contributed by atoms with Gasteiger partial charge in [-0.1, -0.05) is 12.1 Å². The lowest BCUT2D eigenvalue weighted by atomic mass is 10.0. The molecule has 0 aromatic heterocycles. The van der Waals surface area contributed by atoms with Crippen LogP contribution < -0.4 is 0 Å². The molecule has 0 radical (unpaired) electrons. The van der Waals surface area contributed by atoms with Crippen LogP contribution in [0.3, 0.4) is 0 Å². The van der Waals surface area contributed by atoms with Crippen LogP contribution >= 0.6 is 0 Å². The highest BCUT2D eigenvalue weighted by Gasteiger charge is 2.39. The standard InChI is InChI=1S/C20H12F12N2/c21-17(22,23)13-3-1-11(15(7-13)19(27,28)29)9-33-5-6-34-10-12-2-4-14(18(24,25)26)8-16(12)20(30,31)32/h1-4,7-10H,5-6H2. The molecule has 0 atom stereocenters. The summed E-state index contributed by atoms with van der Waals surface area (Å²) in [4.78, 5) is 7.13. The van der Waals surface area contributed by atoms with E-state index in [0.29, 0.717) is 36.7 Å². The number of benzene rings is 2. The molecule has 14 heteroatoms. The zero-order chi connectivity index (χ0) is 25.9. The molecule has 0 unspecified atom stereocenters. The summed E-state index contributed by atoms with van der Waals surface area (Å²) in [7, 11) is 0. The molecule has 0 heterocycles. The Hall–Kier alpha value is -3.06. The van der Waals surface area contributed by atoms with E-state index in [0.717, 1.165) is 0 Å². The molecular formula is C20H12F12N2. The molecule has 0 aliphatic rings. The minimum Gasteiger partial charge on any atom is -0.291 e. The quantitative estimate of drug-likeness (QED) is 0.230. The highest BCUT2D eigenvalue weighted by molar-refractivity contribution is 5.83. The number of nitrogens with zero attached hydrogens (tertiary/aromatic N) is 2. The van der Waals surface area contributed by atoms with E-state index in [-0.39, 0.29) is 25.2 Å². The molecule has 2 nitrogen and oxygen atoms in total. The minimum absolute atomic E-state index is 0.0806. The van der Waals surface area contributed by atoms with E-state index in [1.54, 1.807) is 0 Å². The van der Waals surface area contributed by atoms with E-state index in [9.17, 15) is 52.7 Å². The molecule has 2 rings (SSSR count). The summed E-state index contributed by atoms with van der Waals surface area (Å²) in [5.74, 6) is 0. The molecule has 0 saturated heterocycles. The van der Waals surface area contributed by atoms with E-state index < -0.39 is 58.1 Å². The van der Waals surface area contributed by atoms with Crippen LogP contribution in [0.25, 0.3) is 0 Å². The minimum atomic E-state index is -5.11. The van der Waals surface area contributed by atoms with Crippen molar-refractivity contribution in [2.75, 3.05) is 13.1 Å². The maximum Gasteiger partial charge on any atom is 0.417 e. The van der Waals surface area contributed by atoms with Gasteiger partial charge in [-0.05, 0) is 24.3 Å². The molecular weight excluding hydrogens is 496 g/mol. The second-order valence-electron chi connectivity index (χ2n) is 6.67. The van der Waals surface area contributed by atoms with Crippen LogP contribution in [0.2, 0.25) is 0 Å². The molecule has 186 valence electrons.